The second-order valence-electron chi connectivity index (χ2n) is 6.03. The highest BCUT2D eigenvalue weighted by Crippen LogP contribution is 2.29. The zero-order valence-corrected chi connectivity index (χ0v) is 14.0. The van der Waals surface area contributed by atoms with Gasteiger partial charge in [-0.2, -0.15) is 0 Å². The van der Waals surface area contributed by atoms with Gasteiger partial charge in [-0.25, -0.2) is 4.98 Å². The molecule has 0 aliphatic carbocycles. The van der Waals surface area contributed by atoms with Gasteiger partial charge >= 0.3 is 0 Å². The van der Waals surface area contributed by atoms with Crippen LogP contribution in [0.15, 0.2) is 33.3 Å². The summed E-state index contributed by atoms with van der Waals surface area (Å²) in [7, 11) is 0. The van der Waals surface area contributed by atoms with Crippen molar-refractivity contribution in [2.24, 2.45) is 0 Å². The van der Waals surface area contributed by atoms with Crippen molar-refractivity contribution in [3.8, 4) is 11.3 Å². The summed E-state index contributed by atoms with van der Waals surface area (Å²) >= 11 is 3.57. The quantitative estimate of drug-likeness (QED) is 0.902. The van der Waals surface area contributed by atoms with Crippen LogP contribution in [-0.4, -0.2) is 17.1 Å². The Balaban J connectivity index is 2.05. The van der Waals surface area contributed by atoms with Gasteiger partial charge in [-0.3, -0.25) is 0 Å². The number of oxazole rings is 1. The molecule has 1 N–H and O–H groups in total. The first kappa shape index (κ1) is 15.3. The van der Waals surface area contributed by atoms with E-state index in [2.05, 4.69) is 72.1 Å². The first-order chi connectivity index (χ1) is 9.35. The van der Waals surface area contributed by atoms with E-state index in [0.717, 1.165) is 34.7 Å². The SMILES string of the molecule is Cc1ccc(-c2cnc(CCNC(C)(C)C)o2)c(Br)c1. The van der Waals surface area contributed by atoms with Gasteiger partial charge in [0.25, 0.3) is 0 Å². The van der Waals surface area contributed by atoms with E-state index < -0.39 is 0 Å². The number of aromatic nitrogens is 1. The highest BCUT2D eigenvalue weighted by Gasteiger charge is 2.12. The highest BCUT2D eigenvalue weighted by molar-refractivity contribution is 9.10. The molecule has 0 unspecified atom stereocenters. The van der Waals surface area contributed by atoms with Crippen molar-refractivity contribution in [2.45, 2.75) is 39.7 Å². The van der Waals surface area contributed by atoms with Crippen LogP contribution in [-0.2, 0) is 6.42 Å². The molecular weight excluding hydrogens is 316 g/mol. The van der Waals surface area contributed by atoms with E-state index in [-0.39, 0.29) is 5.54 Å². The van der Waals surface area contributed by atoms with E-state index in [1.807, 2.05) is 0 Å². The number of rotatable bonds is 4. The largest absolute Gasteiger partial charge is 0.441 e. The first-order valence-corrected chi connectivity index (χ1v) is 7.61. The molecule has 2 rings (SSSR count). The zero-order valence-electron chi connectivity index (χ0n) is 12.5. The van der Waals surface area contributed by atoms with Crippen molar-refractivity contribution in [3.05, 3.63) is 40.3 Å². The second-order valence-corrected chi connectivity index (χ2v) is 6.88. The third-order valence-corrected chi connectivity index (χ3v) is 3.59. The van der Waals surface area contributed by atoms with Crippen LogP contribution in [0.3, 0.4) is 0 Å². The van der Waals surface area contributed by atoms with Crippen molar-refractivity contribution in [1.82, 2.24) is 10.3 Å². The van der Waals surface area contributed by atoms with Gasteiger partial charge in [-0.15, -0.1) is 0 Å². The lowest BCUT2D eigenvalue weighted by Gasteiger charge is -2.19. The average Bonchev–Trinajstić information content (AvgIpc) is 2.75. The van der Waals surface area contributed by atoms with Crippen LogP contribution in [0.5, 0.6) is 0 Å². The van der Waals surface area contributed by atoms with Crippen molar-refractivity contribution < 1.29 is 4.42 Å². The number of nitrogens with zero attached hydrogens (tertiary/aromatic N) is 1. The predicted octanol–water partition coefficient (Wildman–Crippen LogP) is 4.34. The number of hydrogen-bond acceptors (Lipinski definition) is 3. The molecule has 0 aliphatic rings. The minimum absolute atomic E-state index is 0.120. The molecule has 0 fully saturated rings. The molecule has 1 heterocycles. The Morgan fingerprint density at radius 3 is 2.70 bits per heavy atom. The molecule has 20 heavy (non-hydrogen) atoms. The Hall–Kier alpha value is -1.13. The van der Waals surface area contributed by atoms with E-state index in [4.69, 9.17) is 4.42 Å². The summed E-state index contributed by atoms with van der Waals surface area (Å²) in [6, 6.07) is 6.21. The van der Waals surface area contributed by atoms with Crippen LogP contribution in [0.25, 0.3) is 11.3 Å². The standard InChI is InChI=1S/C16H21BrN2O/c1-11-5-6-12(13(17)9-11)14-10-18-15(20-14)7-8-19-16(2,3)4/h5-6,9-10,19H,7-8H2,1-4H3. The Labute approximate surface area is 128 Å². The fourth-order valence-electron chi connectivity index (χ4n) is 1.91. The molecule has 0 radical (unpaired) electrons. The van der Waals surface area contributed by atoms with Crippen molar-refractivity contribution in [2.75, 3.05) is 6.54 Å². The Kier molecular flexibility index (Phi) is 4.66. The molecule has 0 amide bonds. The molecule has 0 atom stereocenters. The molecule has 0 saturated carbocycles. The molecule has 3 nitrogen and oxygen atoms in total. The minimum atomic E-state index is 0.120. The first-order valence-electron chi connectivity index (χ1n) is 6.81. The Bertz CT molecular complexity index is 584. The molecule has 0 aliphatic heterocycles. The van der Waals surface area contributed by atoms with Gasteiger partial charge < -0.3 is 9.73 Å². The summed E-state index contributed by atoms with van der Waals surface area (Å²) in [5, 5.41) is 3.43. The highest BCUT2D eigenvalue weighted by atomic mass is 79.9. The van der Waals surface area contributed by atoms with Crippen molar-refractivity contribution in [3.63, 3.8) is 0 Å². The van der Waals surface area contributed by atoms with E-state index >= 15 is 0 Å². The van der Waals surface area contributed by atoms with Crippen LogP contribution < -0.4 is 5.32 Å². The number of aryl methyl sites for hydroxylation is 1. The molecule has 0 spiro atoms. The maximum absolute atomic E-state index is 5.82. The topological polar surface area (TPSA) is 38.1 Å². The number of benzene rings is 1. The third kappa shape index (κ3) is 4.18. The maximum atomic E-state index is 5.82. The lowest BCUT2D eigenvalue weighted by molar-refractivity contribution is 0.412. The number of halogens is 1. The van der Waals surface area contributed by atoms with Gasteiger partial charge in [-0.05, 0) is 45.4 Å². The van der Waals surface area contributed by atoms with Gasteiger partial charge in [-0.1, -0.05) is 22.0 Å². The molecule has 0 saturated heterocycles. The summed E-state index contributed by atoms with van der Waals surface area (Å²) in [6.45, 7) is 9.38. The van der Waals surface area contributed by atoms with E-state index in [0.29, 0.717) is 0 Å². The Morgan fingerprint density at radius 2 is 2.05 bits per heavy atom. The van der Waals surface area contributed by atoms with Crippen LogP contribution in [0, 0.1) is 6.92 Å². The average molecular weight is 337 g/mol. The Morgan fingerprint density at radius 1 is 1.30 bits per heavy atom. The summed E-state index contributed by atoms with van der Waals surface area (Å²) in [4.78, 5) is 4.35. The van der Waals surface area contributed by atoms with Crippen LogP contribution >= 0.6 is 15.9 Å². The summed E-state index contributed by atoms with van der Waals surface area (Å²) < 4.78 is 6.86. The van der Waals surface area contributed by atoms with Crippen LogP contribution in [0.4, 0.5) is 0 Å². The van der Waals surface area contributed by atoms with Gasteiger partial charge in [0.2, 0.25) is 0 Å². The molecule has 2 aromatic rings. The molecule has 0 bridgehead atoms. The normalized spacial score (nSPS) is 11.8. The van der Waals surface area contributed by atoms with Gasteiger partial charge in [0.05, 0.1) is 6.20 Å². The van der Waals surface area contributed by atoms with Crippen LogP contribution in [0.2, 0.25) is 0 Å². The van der Waals surface area contributed by atoms with Gasteiger partial charge in [0.1, 0.15) is 0 Å². The monoisotopic (exact) mass is 336 g/mol. The molecule has 108 valence electrons. The fourth-order valence-corrected chi connectivity index (χ4v) is 2.60. The zero-order chi connectivity index (χ0) is 14.8. The smallest absolute Gasteiger partial charge is 0.196 e. The van der Waals surface area contributed by atoms with Gasteiger partial charge in [0, 0.05) is 28.5 Å². The third-order valence-electron chi connectivity index (χ3n) is 2.94. The summed E-state index contributed by atoms with van der Waals surface area (Å²) in [5.41, 5.74) is 2.38. The predicted molar refractivity (Wildman–Crippen MR) is 85.8 cm³/mol. The number of hydrogen-bond donors (Lipinski definition) is 1. The lowest BCUT2D eigenvalue weighted by atomic mass is 10.1. The maximum Gasteiger partial charge on any atom is 0.196 e. The van der Waals surface area contributed by atoms with Crippen molar-refractivity contribution >= 4 is 15.9 Å². The minimum Gasteiger partial charge on any atom is -0.441 e. The molecular formula is C16H21BrN2O. The fraction of sp³-hybridized carbons (Fsp3) is 0.438. The molecule has 1 aromatic carbocycles. The summed E-state index contributed by atoms with van der Waals surface area (Å²) in [5.74, 6) is 1.58. The second kappa shape index (κ2) is 6.10. The number of nitrogens with one attached hydrogen (secondary N) is 1. The molecule has 1 aromatic heterocycles. The van der Waals surface area contributed by atoms with Crippen LogP contribution in [0.1, 0.15) is 32.2 Å². The van der Waals surface area contributed by atoms with E-state index in [1.165, 1.54) is 5.56 Å². The lowest BCUT2D eigenvalue weighted by Crippen LogP contribution is -2.37. The van der Waals surface area contributed by atoms with E-state index in [1.54, 1.807) is 6.20 Å². The van der Waals surface area contributed by atoms with Crippen molar-refractivity contribution in [1.29, 1.82) is 0 Å². The van der Waals surface area contributed by atoms with Gasteiger partial charge in [0.15, 0.2) is 11.7 Å². The van der Waals surface area contributed by atoms with E-state index in [9.17, 15) is 0 Å². The summed E-state index contributed by atoms with van der Waals surface area (Å²) in [6.07, 6.45) is 2.59. The molecule has 4 heteroatoms.